The number of hydrogen-bond acceptors (Lipinski definition) is 5. The molecule has 12 aromatic rings. The van der Waals surface area contributed by atoms with E-state index in [1.807, 2.05) is 42.5 Å². The van der Waals surface area contributed by atoms with Crippen LogP contribution < -0.4 is 4.74 Å². The Morgan fingerprint density at radius 3 is 1.82 bits per heavy atom. The highest BCUT2D eigenvalue weighted by Gasteiger charge is 2.51. The van der Waals surface area contributed by atoms with Gasteiger partial charge in [-0.05, 0) is 52.6 Å². The molecule has 0 saturated heterocycles. The number of hydrogen-bond donors (Lipinski definition) is 0. The molecule has 3 aromatic heterocycles. The zero-order chi connectivity index (χ0) is 42.6. The first kappa shape index (κ1) is 35.9. The third-order valence-electron chi connectivity index (χ3n) is 13.6. The van der Waals surface area contributed by atoms with Gasteiger partial charge in [0.15, 0.2) is 5.82 Å². The van der Waals surface area contributed by atoms with Crippen LogP contribution in [0.3, 0.4) is 0 Å². The number of furan rings is 1. The maximum Gasteiger partial charge on any atom is 0.160 e. The van der Waals surface area contributed by atoms with Crippen LogP contribution in [0.5, 0.6) is 11.5 Å². The summed E-state index contributed by atoms with van der Waals surface area (Å²) in [5, 5.41) is 5.18. The van der Waals surface area contributed by atoms with Gasteiger partial charge in [-0.3, -0.25) is 0 Å². The normalized spacial score (nSPS) is 13.2. The number of benzene rings is 9. The predicted molar refractivity (Wildman–Crippen MR) is 261 cm³/mol. The number of nitrogens with zero attached hydrogens (tertiary/aromatic N) is 3. The topological polar surface area (TPSA) is 61.0 Å². The van der Waals surface area contributed by atoms with Gasteiger partial charge < -0.3 is 9.15 Å². The van der Waals surface area contributed by atoms with Crippen LogP contribution in [0.2, 0.25) is 0 Å². The van der Waals surface area contributed by atoms with Crippen molar-refractivity contribution in [3.63, 3.8) is 0 Å². The second-order valence-corrected chi connectivity index (χ2v) is 17.0. The molecule has 0 saturated carbocycles. The number of aromatic nitrogens is 3. The van der Waals surface area contributed by atoms with Crippen molar-refractivity contribution >= 4 is 43.6 Å². The summed E-state index contributed by atoms with van der Waals surface area (Å²) in [5.41, 5.74) is 15.4. The molecule has 0 amide bonds. The van der Waals surface area contributed by atoms with Gasteiger partial charge in [0.25, 0.3) is 0 Å². The first-order valence-electron chi connectivity index (χ1n) is 22.0. The summed E-state index contributed by atoms with van der Waals surface area (Å²) in [5.74, 6) is 2.33. The Morgan fingerprint density at radius 2 is 1.02 bits per heavy atom. The molecular weight excluding hydrogens is 795 g/mol. The summed E-state index contributed by atoms with van der Waals surface area (Å²) >= 11 is 0. The van der Waals surface area contributed by atoms with Gasteiger partial charge in [-0.1, -0.05) is 182 Å². The number of pyridine rings is 1. The Morgan fingerprint density at radius 1 is 0.385 bits per heavy atom. The minimum Gasteiger partial charge on any atom is -0.456 e. The number of para-hydroxylation sites is 3. The Hall–Kier alpha value is -8.67. The van der Waals surface area contributed by atoms with Gasteiger partial charge >= 0.3 is 0 Å². The Kier molecular flexibility index (Phi) is 7.54. The van der Waals surface area contributed by atoms with Crippen molar-refractivity contribution in [2.45, 2.75) is 5.41 Å². The monoisotopic (exact) mass is 829 g/mol. The molecule has 14 rings (SSSR count). The van der Waals surface area contributed by atoms with Gasteiger partial charge in [-0.15, -0.1) is 0 Å². The lowest BCUT2D eigenvalue weighted by Crippen LogP contribution is -2.32. The molecule has 2 aliphatic rings. The molecule has 0 unspecified atom stereocenters. The van der Waals surface area contributed by atoms with Crippen LogP contribution in [0, 0.1) is 0 Å². The molecule has 1 spiro atoms. The van der Waals surface area contributed by atoms with Gasteiger partial charge in [0, 0.05) is 60.3 Å². The fourth-order valence-electron chi connectivity index (χ4n) is 10.8. The second-order valence-electron chi connectivity index (χ2n) is 17.0. The van der Waals surface area contributed by atoms with Gasteiger partial charge in [0.05, 0.1) is 28.0 Å². The standard InChI is InChI=1S/C60H35N3O2/c1-3-16-36(17-4-1)56-45-32-33-49-58(65-54-29-14-12-27-48(54)60(49)46-25-10-7-20-39(46)40-21-8-11-26-47(40)60)55(45)43-31-30-38(34-51(43)61-56)50-35-52(63-59(62-50)37-18-5-2-6-19-37)44-24-15-23-42-41-22-9-13-28-53(41)64-57(42)44/h1-35H. The molecule has 9 aromatic carbocycles. The molecule has 0 radical (unpaired) electrons. The molecule has 1 aliphatic carbocycles. The lowest BCUT2D eigenvalue weighted by atomic mass is 9.65. The molecule has 4 heterocycles. The van der Waals surface area contributed by atoms with Crippen molar-refractivity contribution in [3.05, 3.63) is 235 Å². The van der Waals surface area contributed by atoms with Crippen LogP contribution in [-0.4, -0.2) is 15.0 Å². The van der Waals surface area contributed by atoms with Crippen LogP contribution in [0.15, 0.2) is 217 Å². The maximum absolute atomic E-state index is 7.25. The highest BCUT2D eigenvalue weighted by atomic mass is 16.5. The lowest BCUT2D eigenvalue weighted by molar-refractivity contribution is 0.442. The Bertz CT molecular complexity index is 3890. The minimum absolute atomic E-state index is 0.595. The summed E-state index contributed by atoms with van der Waals surface area (Å²) in [6.07, 6.45) is 0. The lowest BCUT2D eigenvalue weighted by Gasteiger charge is -2.40. The zero-order valence-corrected chi connectivity index (χ0v) is 34.9. The molecule has 302 valence electrons. The van der Waals surface area contributed by atoms with Crippen molar-refractivity contribution in [1.82, 2.24) is 15.0 Å². The smallest absolute Gasteiger partial charge is 0.160 e. The number of ether oxygens (including phenoxy) is 1. The summed E-state index contributed by atoms with van der Waals surface area (Å²) in [6.45, 7) is 0. The average Bonchev–Trinajstić information content (AvgIpc) is 3.90. The van der Waals surface area contributed by atoms with Gasteiger partial charge in [-0.25, -0.2) is 15.0 Å². The molecule has 0 N–H and O–H groups in total. The van der Waals surface area contributed by atoms with Crippen LogP contribution in [0.25, 0.3) is 99.9 Å². The third kappa shape index (κ3) is 5.12. The largest absolute Gasteiger partial charge is 0.456 e. The summed E-state index contributed by atoms with van der Waals surface area (Å²) < 4.78 is 13.8. The fraction of sp³-hybridized carbons (Fsp3) is 0.0167. The predicted octanol–water partition coefficient (Wildman–Crippen LogP) is 15.2. The van der Waals surface area contributed by atoms with Crippen molar-refractivity contribution < 1.29 is 9.15 Å². The summed E-state index contributed by atoms with van der Waals surface area (Å²) in [4.78, 5) is 16.0. The zero-order valence-electron chi connectivity index (χ0n) is 34.9. The molecular formula is C60H35N3O2. The first-order valence-corrected chi connectivity index (χ1v) is 22.0. The fourth-order valence-corrected chi connectivity index (χ4v) is 10.8. The minimum atomic E-state index is -0.595. The highest BCUT2D eigenvalue weighted by molar-refractivity contribution is 6.16. The Labute approximate surface area is 373 Å². The first-order chi connectivity index (χ1) is 32.2. The van der Waals surface area contributed by atoms with Crippen LogP contribution in [-0.2, 0) is 5.41 Å². The van der Waals surface area contributed by atoms with E-state index in [1.54, 1.807) is 0 Å². The van der Waals surface area contributed by atoms with Crippen molar-refractivity contribution in [1.29, 1.82) is 0 Å². The van der Waals surface area contributed by atoms with Crippen LogP contribution in [0.4, 0.5) is 0 Å². The Balaban J connectivity index is 1.04. The summed E-state index contributed by atoms with van der Waals surface area (Å²) in [7, 11) is 0. The van der Waals surface area contributed by atoms with E-state index in [4.69, 9.17) is 24.1 Å². The van der Waals surface area contributed by atoms with Crippen molar-refractivity contribution in [3.8, 4) is 67.8 Å². The molecule has 0 atom stereocenters. The maximum atomic E-state index is 7.25. The SMILES string of the molecule is c1ccc(-c2nc(-c3ccc4c(c3)nc(-c3ccccc3)c3ccc5c(c34)Oc3ccccc3C53c4ccccc4-c4ccccc43)cc(-c3cccc4c3oc3ccccc34)n2)cc1. The summed E-state index contributed by atoms with van der Waals surface area (Å²) in [6, 6.07) is 74.6. The molecule has 5 nitrogen and oxygen atoms in total. The average molecular weight is 830 g/mol. The van der Waals surface area contributed by atoms with E-state index in [2.05, 4.69) is 170 Å². The van der Waals surface area contributed by atoms with E-state index in [9.17, 15) is 0 Å². The third-order valence-corrected chi connectivity index (χ3v) is 13.6. The quantitative estimate of drug-likeness (QED) is 0.165. The molecule has 1 aliphatic heterocycles. The van der Waals surface area contributed by atoms with E-state index in [-0.39, 0.29) is 0 Å². The van der Waals surface area contributed by atoms with Crippen LogP contribution in [0.1, 0.15) is 22.3 Å². The van der Waals surface area contributed by atoms with E-state index >= 15 is 0 Å². The molecule has 65 heavy (non-hydrogen) atoms. The van der Waals surface area contributed by atoms with Gasteiger partial charge in [-0.2, -0.15) is 0 Å². The number of fused-ring (bicyclic) bond motifs is 16. The van der Waals surface area contributed by atoms with Crippen molar-refractivity contribution in [2.75, 3.05) is 0 Å². The van der Waals surface area contributed by atoms with Crippen molar-refractivity contribution in [2.24, 2.45) is 0 Å². The second kappa shape index (κ2) is 13.7. The van der Waals surface area contributed by atoms with Gasteiger partial charge in [0.1, 0.15) is 22.7 Å². The van der Waals surface area contributed by atoms with E-state index < -0.39 is 5.41 Å². The van der Waals surface area contributed by atoms with E-state index in [0.29, 0.717) is 5.82 Å². The highest BCUT2D eigenvalue weighted by Crippen LogP contribution is 2.63. The molecule has 5 heteroatoms. The molecule has 0 fully saturated rings. The van der Waals surface area contributed by atoms with E-state index in [0.717, 1.165) is 106 Å². The van der Waals surface area contributed by atoms with Gasteiger partial charge in [0.2, 0.25) is 0 Å². The van der Waals surface area contributed by atoms with Crippen LogP contribution >= 0.6 is 0 Å². The number of rotatable bonds is 4. The van der Waals surface area contributed by atoms with E-state index in [1.165, 1.54) is 22.3 Å². The molecule has 0 bridgehead atoms.